The number of hydrogen-bond donors (Lipinski definition) is 2. The summed E-state index contributed by atoms with van der Waals surface area (Å²) in [6.07, 6.45) is 2.67. The molecule has 0 spiro atoms. The van der Waals surface area contributed by atoms with Gasteiger partial charge in [-0.2, -0.15) is 0 Å². The molecule has 4 aromatic rings. The predicted octanol–water partition coefficient (Wildman–Crippen LogP) is 4.43. The quantitative estimate of drug-likeness (QED) is 0.580. The van der Waals surface area contributed by atoms with Gasteiger partial charge in [-0.05, 0) is 42.8 Å². The molecule has 124 valence electrons. The minimum Gasteiger partial charge on any atom is -0.353 e. The van der Waals surface area contributed by atoms with Crippen molar-refractivity contribution >= 4 is 33.4 Å². The maximum absolute atomic E-state index is 12.9. The number of anilines is 1. The minimum atomic E-state index is -0.325. The lowest BCUT2D eigenvalue weighted by atomic mass is 10.1. The lowest BCUT2D eigenvalue weighted by Gasteiger charge is -2.05. The highest BCUT2D eigenvalue weighted by molar-refractivity contribution is 6.07. The summed E-state index contributed by atoms with van der Waals surface area (Å²) in [7, 11) is 0. The Labute approximate surface area is 143 Å². The second-order valence-electron chi connectivity index (χ2n) is 5.95. The number of hydrogen-bond acceptors (Lipinski definition) is 2. The third-order valence-electron chi connectivity index (χ3n) is 4.18. The smallest absolute Gasteiger partial charge is 0.224 e. The molecule has 5 heteroatoms. The number of pyridine rings is 1. The molecule has 0 saturated heterocycles. The Kier molecular flexibility index (Phi) is 3.90. The van der Waals surface area contributed by atoms with Crippen molar-refractivity contribution < 1.29 is 9.18 Å². The first-order valence-corrected chi connectivity index (χ1v) is 8.10. The van der Waals surface area contributed by atoms with Gasteiger partial charge in [0.15, 0.2) is 0 Å². The number of aromatic nitrogens is 2. The van der Waals surface area contributed by atoms with Gasteiger partial charge in [-0.1, -0.05) is 18.2 Å². The Hall–Kier alpha value is -3.21. The predicted molar refractivity (Wildman–Crippen MR) is 97.0 cm³/mol. The highest BCUT2D eigenvalue weighted by Gasteiger charge is 2.08. The first-order valence-electron chi connectivity index (χ1n) is 8.10. The molecule has 0 saturated carbocycles. The van der Waals surface area contributed by atoms with Crippen molar-refractivity contribution in [3.8, 4) is 0 Å². The second kappa shape index (κ2) is 6.36. The first kappa shape index (κ1) is 15.3. The van der Waals surface area contributed by atoms with Crippen LogP contribution >= 0.6 is 0 Å². The van der Waals surface area contributed by atoms with Crippen molar-refractivity contribution in [2.45, 2.75) is 12.8 Å². The van der Waals surface area contributed by atoms with Crippen LogP contribution in [0.3, 0.4) is 0 Å². The third-order valence-corrected chi connectivity index (χ3v) is 4.18. The van der Waals surface area contributed by atoms with E-state index in [0.717, 1.165) is 27.5 Å². The van der Waals surface area contributed by atoms with Gasteiger partial charge in [-0.15, -0.1) is 0 Å². The van der Waals surface area contributed by atoms with Gasteiger partial charge >= 0.3 is 0 Å². The van der Waals surface area contributed by atoms with Crippen molar-refractivity contribution in [1.82, 2.24) is 9.97 Å². The number of para-hydroxylation sites is 1. The number of nitrogens with one attached hydrogen (secondary N) is 2. The number of aromatic amines is 1. The van der Waals surface area contributed by atoms with E-state index in [1.807, 2.05) is 30.5 Å². The number of carbonyl (C=O) groups is 1. The lowest BCUT2D eigenvalue weighted by molar-refractivity contribution is -0.116. The van der Waals surface area contributed by atoms with E-state index in [-0.39, 0.29) is 11.7 Å². The van der Waals surface area contributed by atoms with Crippen molar-refractivity contribution in [3.63, 3.8) is 0 Å². The van der Waals surface area contributed by atoms with Crippen LogP contribution in [0.4, 0.5) is 10.1 Å². The van der Waals surface area contributed by atoms with E-state index in [0.29, 0.717) is 18.5 Å². The van der Waals surface area contributed by atoms with E-state index in [1.165, 1.54) is 12.1 Å². The summed E-state index contributed by atoms with van der Waals surface area (Å²) in [5.74, 6) is -0.443. The maximum Gasteiger partial charge on any atom is 0.224 e. The van der Waals surface area contributed by atoms with Gasteiger partial charge in [0.25, 0.3) is 0 Å². The Bertz CT molecular complexity index is 1050. The van der Waals surface area contributed by atoms with E-state index < -0.39 is 0 Å². The molecule has 0 aliphatic rings. The fourth-order valence-electron chi connectivity index (χ4n) is 2.93. The number of fused-ring (bicyclic) bond motifs is 3. The maximum atomic E-state index is 12.9. The molecule has 2 N–H and O–H groups in total. The van der Waals surface area contributed by atoms with Gasteiger partial charge in [-0.25, -0.2) is 4.39 Å². The molecule has 1 amide bonds. The molecule has 0 atom stereocenters. The summed E-state index contributed by atoms with van der Waals surface area (Å²) in [6.45, 7) is 0. The van der Waals surface area contributed by atoms with E-state index in [1.54, 1.807) is 12.1 Å². The molecule has 25 heavy (non-hydrogen) atoms. The normalized spacial score (nSPS) is 11.1. The molecule has 0 fully saturated rings. The second-order valence-corrected chi connectivity index (χ2v) is 5.95. The fourth-order valence-corrected chi connectivity index (χ4v) is 2.93. The molecule has 0 aliphatic heterocycles. The molecule has 4 rings (SSSR count). The van der Waals surface area contributed by atoms with Crippen LogP contribution in [0.1, 0.15) is 12.1 Å². The molecule has 2 aromatic carbocycles. The van der Waals surface area contributed by atoms with Crippen molar-refractivity contribution in [3.05, 3.63) is 72.3 Å². The highest BCUT2D eigenvalue weighted by atomic mass is 19.1. The number of benzene rings is 2. The fraction of sp³-hybridized carbons (Fsp3) is 0.100. The minimum absolute atomic E-state index is 0.118. The summed E-state index contributed by atoms with van der Waals surface area (Å²) in [6, 6.07) is 15.9. The number of nitrogens with zero attached hydrogens (tertiary/aromatic N) is 1. The van der Waals surface area contributed by atoms with Gasteiger partial charge < -0.3 is 10.3 Å². The van der Waals surface area contributed by atoms with Crippen molar-refractivity contribution in [1.29, 1.82) is 0 Å². The van der Waals surface area contributed by atoms with Gasteiger partial charge in [-0.3, -0.25) is 9.78 Å². The van der Waals surface area contributed by atoms with Crippen molar-refractivity contribution in [2.75, 3.05) is 5.32 Å². The zero-order valence-corrected chi connectivity index (χ0v) is 13.4. The van der Waals surface area contributed by atoms with Crippen LogP contribution in [0, 0.1) is 5.82 Å². The van der Waals surface area contributed by atoms with Crippen LogP contribution in [-0.2, 0) is 11.2 Å². The molecule has 4 nitrogen and oxygen atoms in total. The Morgan fingerprint density at radius 1 is 1.04 bits per heavy atom. The monoisotopic (exact) mass is 333 g/mol. The van der Waals surface area contributed by atoms with Gasteiger partial charge in [0.1, 0.15) is 5.82 Å². The Morgan fingerprint density at radius 2 is 1.84 bits per heavy atom. The average Bonchev–Trinajstić information content (AvgIpc) is 3.00. The van der Waals surface area contributed by atoms with Crippen LogP contribution in [0.5, 0.6) is 0 Å². The standard InChI is InChI=1S/C20H16FN3O/c21-13-5-7-14(8-6-13)23-20(25)10-9-15-11-17-16-3-1-2-4-18(16)24-19(17)12-22-15/h1-8,11-12,24H,9-10H2,(H,23,25). The van der Waals surface area contributed by atoms with Crippen LogP contribution in [0.15, 0.2) is 60.8 Å². The third kappa shape index (κ3) is 3.21. The summed E-state index contributed by atoms with van der Waals surface area (Å²) in [5, 5.41) is 5.02. The number of H-pyrrole nitrogens is 1. The topological polar surface area (TPSA) is 57.8 Å². The number of aryl methyl sites for hydroxylation is 1. The van der Waals surface area contributed by atoms with E-state index in [2.05, 4.69) is 21.4 Å². The summed E-state index contributed by atoms with van der Waals surface area (Å²) in [4.78, 5) is 19.8. The summed E-state index contributed by atoms with van der Waals surface area (Å²) < 4.78 is 12.9. The largest absolute Gasteiger partial charge is 0.353 e. The van der Waals surface area contributed by atoms with E-state index in [4.69, 9.17) is 0 Å². The molecule has 2 aromatic heterocycles. The molecular weight excluding hydrogens is 317 g/mol. The SMILES string of the molecule is O=C(CCc1cc2c(cn1)[nH]c1ccccc12)Nc1ccc(F)cc1. The van der Waals surface area contributed by atoms with Gasteiger partial charge in [0.2, 0.25) is 5.91 Å². The zero-order valence-electron chi connectivity index (χ0n) is 13.4. The number of rotatable bonds is 4. The number of amides is 1. The first-order chi connectivity index (χ1) is 12.2. The summed E-state index contributed by atoms with van der Waals surface area (Å²) >= 11 is 0. The van der Waals surface area contributed by atoms with Crippen molar-refractivity contribution in [2.24, 2.45) is 0 Å². The zero-order chi connectivity index (χ0) is 17.2. The number of carbonyl (C=O) groups excluding carboxylic acids is 1. The average molecular weight is 333 g/mol. The lowest BCUT2D eigenvalue weighted by Crippen LogP contribution is -2.12. The van der Waals surface area contributed by atoms with Gasteiger partial charge in [0.05, 0.1) is 11.7 Å². The Balaban J connectivity index is 1.48. The van der Waals surface area contributed by atoms with Gasteiger partial charge in [0, 0.05) is 34.1 Å². The molecular formula is C20H16FN3O. The van der Waals surface area contributed by atoms with Crippen LogP contribution < -0.4 is 5.32 Å². The van der Waals surface area contributed by atoms with Crippen LogP contribution in [0.2, 0.25) is 0 Å². The molecule has 0 radical (unpaired) electrons. The highest BCUT2D eigenvalue weighted by Crippen LogP contribution is 2.25. The molecule has 0 unspecified atom stereocenters. The Morgan fingerprint density at radius 3 is 2.68 bits per heavy atom. The van der Waals surface area contributed by atoms with Crippen LogP contribution in [-0.4, -0.2) is 15.9 Å². The van der Waals surface area contributed by atoms with Crippen LogP contribution in [0.25, 0.3) is 21.8 Å². The molecule has 2 heterocycles. The number of halogens is 1. The van der Waals surface area contributed by atoms with E-state index >= 15 is 0 Å². The molecule has 0 bridgehead atoms. The molecule has 0 aliphatic carbocycles. The summed E-state index contributed by atoms with van der Waals surface area (Å²) in [5.41, 5.74) is 3.52. The van der Waals surface area contributed by atoms with E-state index in [9.17, 15) is 9.18 Å².